The highest BCUT2D eigenvalue weighted by Crippen LogP contribution is 2.30. The first kappa shape index (κ1) is 10.9. The normalized spacial score (nSPS) is 11.9. The fraction of sp³-hybridized carbons (Fsp3) is 0.200. The van der Waals surface area contributed by atoms with Gasteiger partial charge in [0.25, 0.3) is 0 Å². The van der Waals surface area contributed by atoms with E-state index in [1.165, 1.54) is 22.7 Å². The molecule has 0 aliphatic rings. The molecule has 0 N–H and O–H groups in total. The van der Waals surface area contributed by atoms with E-state index in [-0.39, 0.29) is 0 Å². The molecule has 0 amide bonds. The first-order valence-corrected chi connectivity index (χ1v) is 7.61. The molecule has 0 radical (unpaired) electrons. The van der Waals surface area contributed by atoms with E-state index in [2.05, 4.69) is 0 Å². The average molecular weight is 258 g/mol. The summed E-state index contributed by atoms with van der Waals surface area (Å²) < 4.78 is 24.4. The summed E-state index contributed by atoms with van der Waals surface area (Å²) in [6.07, 6.45) is 0. The van der Waals surface area contributed by atoms with Gasteiger partial charge in [0, 0.05) is 9.75 Å². The van der Waals surface area contributed by atoms with E-state index < -0.39 is 9.84 Å². The number of rotatable bonds is 2. The minimum absolute atomic E-state index is 0.439. The Balaban J connectivity index is 2.64. The third kappa shape index (κ3) is 1.75. The van der Waals surface area contributed by atoms with Crippen LogP contribution in [-0.4, -0.2) is 8.42 Å². The Morgan fingerprint density at radius 3 is 1.60 bits per heavy atom. The summed E-state index contributed by atoms with van der Waals surface area (Å²) in [5.41, 5.74) is 0. The monoisotopic (exact) mass is 258 g/mol. The van der Waals surface area contributed by atoms with Crippen molar-refractivity contribution >= 4 is 32.5 Å². The van der Waals surface area contributed by atoms with Crippen LogP contribution in [0.2, 0.25) is 0 Å². The fourth-order valence-corrected chi connectivity index (χ4v) is 5.21. The number of hydrogen-bond donors (Lipinski definition) is 0. The lowest BCUT2D eigenvalue weighted by Crippen LogP contribution is -2.01. The molecule has 0 aliphatic heterocycles. The van der Waals surface area contributed by atoms with E-state index in [4.69, 9.17) is 0 Å². The highest BCUT2D eigenvalue weighted by molar-refractivity contribution is 7.91. The molecular formula is C10H10O2S3. The first-order valence-electron chi connectivity index (χ1n) is 4.37. The molecule has 80 valence electrons. The molecule has 2 aromatic heterocycles. The molecule has 2 heterocycles. The molecule has 0 unspecified atom stereocenters. The Morgan fingerprint density at radius 1 is 0.933 bits per heavy atom. The van der Waals surface area contributed by atoms with Crippen LogP contribution in [0.15, 0.2) is 32.7 Å². The highest BCUT2D eigenvalue weighted by atomic mass is 32.2. The van der Waals surface area contributed by atoms with E-state index in [0.717, 1.165) is 9.75 Å². The van der Waals surface area contributed by atoms with Gasteiger partial charge < -0.3 is 0 Å². The van der Waals surface area contributed by atoms with Crippen LogP contribution in [0.3, 0.4) is 0 Å². The lowest BCUT2D eigenvalue weighted by Gasteiger charge is -2.02. The third-order valence-electron chi connectivity index (χ3n) is 2.20. The van der Waals surface area contributed by atoms with Gasteiger partial charge >= 0.3 is 0 Å². The van der Waals surface area contributed by atoms with Crippen LogP contribution in [0.4, 0.5) is 0 Å². The number of sulfone groups is 1. The molecule has 0 aromatic carbocycles. The fourth-order valence-electron chi connectivity index (χ4n) is 1.42. The van der Waals surface area contributed by atoms with Gasteiger partial charge in [-0.25, -0.2) is 8.42 Å². The molecule has 0 saturated heterocycles. The second-order valence-corrected chi connectivity index (χ2v) is 7.31. The molecule has 5 heteroatoms. The quantitative estimate of drug-likeness (QED) is 0.828. The standard InChI is InChI=1S/C10H10O2S3/c1-7-9(3-5-13-7)15(11,12)10-4-6-14-8(10)2/h3-6H,1-2H3. The Kier molecular flexibility index (Phi) is 2.70. The molecule has 0 saturated carbocycles. The average Bonchev–Trinajstić information content (AvgIpc) is 2.73. The van der Waals surface area contributed by atoms with Gasteiger partial charge in [-0.3, -0.25) is 0 Å². The lowest BCUT2D eigenvalue weighted by atomic mass is 10.5. The Labute approximate surface area is 97.1 Å². The van der Waals surface area contributed by atoms with Crippen molar-refractivity contribution in [3.63, 3.8) is 0 Å². The second kappa shape index (κ2) is 3.73. The maximum absolute atomic E-state index is 12.2. The van der Waals surface area contributed by atoms with Crippen molar-refractivity contribution in [1.82, 2.24) is 0 Å². The summed E-state index contributed by atoms with van der Waals surface area (Å²) >= 11 is 2.92. The highest BCUT2D eigenvalue weighted by Gasteiger charge is 2.22. The van der Waals surface area contributed by atoms with Crippen molar-refractivity contribution in [2.45, 2.75) is 23.6 Å². The van der Waals surface area contributed by atoms with Crippen LogP contribution in [0.1, 0.15) is 9.75 Å². The van der Waals surface area contributed by atoms with Gasteiger partial charge in [-0.05, 0) is 36.7 Å². The molecule has 15 heavy (non-hydrogen) atoms. The molecule has 0 atom stereocenters. The van der Waals surface area contributed by atoms with Crippen molar-refractivity contribution in [1.29, 1.82) is 0 Å². The first-order chi connectivity index (χ1) is 7.03. The van der Waals surface area contributed by atoms with Crippen molar-refractivity contribution in [3.05, 3.63) is 32.6 Å². The van der Waals surface area contributed by atoms with Gasteiger partial charge in [0.15, 0.2) is 0 Å². The van der Waals surface area contributed by atoms with Crippen LogP contribution < -0.4 is 0 Å². The molecule has 2 aromatic rings. The van der Waals surface area contributed by atoms with Gasteiger partial charge in [-0.2, -0.15) is 0 Å². The van der Waals surface area contributed by atoms with Gasteiger partial charge in [0.05, 0.1) is 9.79 Å². The zero-order chi connectivity index (χ0) is 11.1. The Morgan fingerprint density at radius 2 is 1.33 bits per heavy atom. The van der Waals surface area contributed by atoms with E-state index in [9.17, 15) is 8.42 Å². The summed E-state index contributed by atoms with van der Waals surface area (Å²) in [5, 5.41) is 3.62. The van der Waals surface area contributed by atoms with Crippen LogP contribution in [-0.2, 0) is 9.84 Å². The number of hydrogen-bond acceptors (Lipinski definition) is 4. The topological polar surface area (TPSA) is 34.1 Å². The summed E-state index contributed by atoms with van der Waals surface area (Å²) in [4.78, 5) is 2.57. The Hall–Kier alpha value is -0.650. The second-order valence-electron chi connectivity index (χ2n) is 3.19. The summed E-state index contributed by atoms with van der Waals surface area (Å²) in [6.45, 7) is 3.67. The van der Waals surface area contributed by atoms with Gasteiger partial charge in [0.1, 0.15) is 0 Å². The van der Waals surface area contributed by atoms with Gasteiger partial charge in [-0.1, -0.05) is 0 Å². The number of thiophene rings is 2. The van der Waals surface area contributed by atoms with Crippen LogP contribution in [0.5, 0.6) is 0 Å². The van der Waals surface area contributed by atoms with Crippen molar-refractivity contribution in [2.75, 3.05) is 0 Å². The SMILES string of the molecule is Cc1sccc1S(=O)(=O)c1ccsc1C. The number of aryl methyl sites for hydroxylation is 2. The van der Waals surface area contributed by atoms with E-state index in [1.807, 2.05) is 24.6 Å². The molecular weight excluding hydrogens is 248 g/mol. The molecule has 2 rings (SSSR count). The lowest BCUT2D eigenvalue weighted by molar-refractivity contribution is 0.596. The molecule has 2 nitrogen and oxygen atoms in total. The van der Waals surface area contributed by atoms with Gasteiger partial charge in [-0.15, -0.1) is 22.7 Å². The van der Waals surface area contributed by atoms with Crippen LogP contribution in [0.25, 0.3) is 0 Å². The predicted octanol–water partition coefficient (Wildman–Crippen LogP) is 3.26. The largest absolute Gasteiger partial charge is 0.218 e. The van der Waals surface area contributed by atoms with E-state index in [0.29, 0.717) is 9.79 Å². The van der Waals surface area contributed by atoms with Gasteiger partial charge in [0.2, 0.25) is 9.84 Å². The van der Waals surface area contributed by atoms with Crippen LogP contribution in [0, 0.1) is 13.8 Å². The maximum Gasteiger partial charge on any atom is 0.208 e. The third-order valence-corrected chi connectivity index (χ3v) is 6.19. The molecule has 0 aliphatic carbocycles. The van der Waals surface area contributed by atoms with Crippen LogP contribution >= 0.6 is 22.7 Å². The maximum atomic E-state index is 12.2. The minimum atomic E-state index is -3.29. The zero-order valence-corrected chi connectivity index (χ0v) is 10.8. The van der Waals surface area contributed by atoms with Crippen molar-refractivity contribution < 1.29 is 8.42 Å². The smallest absolute Gasteiger partial charge is 0.208 e. The summed E-state index contributed by atoms with van der Waals surface area (Å²) in [7, 11) is -3.29. The minimum Gasteiger partial charge on any atom is -0.218 e. The predicted molar refractivity (Wildman–Crippen MR) is 63.6 cm³/mol. The van der Waals surface area contributed by atoms with E-state index >= 15 is 0 Å². The zero-order valence-electron chi connectivity index (χ0n) is 8.35. The molecule has 0 spiro atoms. The van der Waals surface area contributed by atoms with E-state index in [1.54, 1.807) is 12.1 Å². The summed E-state index contributed by atoms with van der Waals surface area (Å²) in [5.74, 6) is 0. The van der Waals surface area contributed by atoms with Crippen molar-refractivity contribution in [3.8, 4) is 0 Å². The summed E-state index contributed by atoms with van der Waals surface area (Å²) in [6, 6.07) is 3.35. The molecule has 0 bridgehead atoms. The Bertz CT molecular complexity index is 529. The molecule has 0 fully saturated rings. The van der Waals surface area contributed by atoms with Crippen molar-refractivity contribution in [2.24, 2.45) is 0 Å².